The van der Waals surface area contributed by atoms with Gasteiger partial charge >= 0.3 is 0 Å². The third kappa shape index (κ3) is 3.74. The van der Waals surface area contributed by atoms with Gasteiger partial charge in [0.15, 0.2) is 0 Å². The zero-order chi connectivity index (χ0) is 12.8. The first kappa shape index (κ1) is 12.4. The van der Waals surface area contributed by atoms with Gasteiger partial charge in [0.05, 0.1) is 0 Å². The highest BCUT2D eigenvalue weighted by Gasteiger charge is 2.00. The maximum Gasteiger partial charge on any atom is 0.131 e. The summed E-state index contributed by atoms with van der Waals surface area (Å²) in [5, 5.41) is 6.39. The summed E-state index contributed by atoms with van der Waals surface area (Å²) in [4.78, 5) is 11.3. The van der Waals surface area contributed by atoms with E-state index in [0.29, 0.717) is 6.54 Å². The monoisotopic (exact) mass is 246 g/mol. The number of nitrogens with zero attached hydrogens (tertiary/aromatic N) is 2. The number of hydrogen-bond donors (Lipinski definition) is 4. The highest BCUT2D eigenvalue weighted by atomic mass is 15.1. The lowest BCUT2D eigenvalue weighted by molar-refractivity contribution is 0.777. The fourth-order valence-corrected chi connectivity index (χ4v) is 1.48. The Balaban J connectivity index is 1.90. The van der Waals surface area contributed by atoms with Gasteiger partial charge in [-0.05, 0) is 18.6 Å². The molecular weight excluding hydrogens is 228 g/mol. The number of aromatic amines is 1. The summed E-state index contributed by atoms with van der Waals surface area (Å²) in [6.45, 7) is 3.36. The summed E-state index contributed by atoms with van der Waals surface area (Å²) < 4.78 is 0. The summed E-state index contributed by atoms with van der Waals surface area (Å²) in [7, 11) is 0. The van der Waals surface area contributed by atoms with Crippen molar-refractivity contribution >= 4 is 11.6 Å². The average molecular weight is 246 g/mol. The number of nitrogens with two attached hydrogens (primary N) is 1. The molecule has 0 amide bonds. The second-order valence-corrected chi connectivity index (χ2v) is 4.22. The molecular formula is C12H18N6. The van der Waals surface area contributed by atoms with Crippen molar-refractivity contribution in [2.45, 2.75) is 19.5 Å². The maximum absolute atomic E-state index is 5.68. The zero-order valence-corrected chi connectivity index (χ0v) is 10.4. The van der Waals surface area contributed by atoms with Crippen LogP contribution in [0.1, 0.15) is 12.5 Å². The summed E-state index contributed by atoms with van der Waals surface area (Å²) in [5.41, 5.74) is 6.86. The van der Waals surface area contributed by atoms with E-state index in [4.69, 9.17) is 5.73 Å². The Hall–Kier alpha value is -2.08. The Morgan fingerprint density at radius 1 is 1.33 bits per heavy atom. The van der Waals surface area contributed by atoms with Crippen molar-refractivity contribution in [3.63, 3.8) is 0 Å². The predicted molar refractivity (Wildman–Crippen MR) is 72.3 cm³/mol. The van der Waals surface area contributed by atoms with Gasteiger partial charge in [0.2, 0.25) is 0 Å². The quantitative estimate of drug-likeness (QED) is 0.614. The number of rotatable bonds is 6. The van der Waals surface area contributed by atoms with Crippen molar-refractivity contribution in [3.8, 4) is 0 Å². The smallest absolute Gasteiger partial charge is 0.131 e. The molecule has 1 atom stereocenters. The van der Waals surface area contributed by atoms with E-state index < -0.39 is 0 Å². The number of hydrogen-bond acceptors (Lipinski definition) is 5. The van der Waals surface area contributed by atoms with Crippen LogP contribution in [-0.2, 0) is 6.54 Å². The fraction of sp³-hybridized carbons (Fsp3) is 0.333. The second-order valence-electron chi connectivity index (χ2n) is 4.22. The van der Waals surface area contributed by atoms with Crippen molar-refractivity contribution in [1.29, 1.82) is 0 Å². The van der Waals surface area contributed by atoms with E-state index in [-0.39, 0.29) is 6.04 Å². The Morgan fingerprint density at radius 3 is 2.78 bits per heavy atom. The van der Waals surface area contributed by atoms with Gasteiger partial charge in [-0.3, -0.25) is 0 Å². The van der Waals surface area contributed by atoms with Gasteiger partial charge in [-0.2, -0.15) is 0 Å². The molecule has 2 aromatic heterocycles. The van der Waals surface area contributed by atoms with Crippen LogP contribution in [0.5, 0.6) is 0 Å². The van der Waals surface area contributed by atoms with Gasteiger partial charge in [0.1, 0.15) is 18.0 Å². The molecule has 2 rings (SSSR count). The molecule has 5 N–H and O–H groups in total. The molecule has 0 fully saturated rings. The van der Waals surface area contributed by atoms with Crippen molar-refractivity contribution in [1.82, 2.24) is 15.0 Å². The summed E-state index contributed by atoms with van der Waals surface area (Å²) in [6, 6.07) is 3.98. The minimum Gasteiger partial charge on any atom is -0.368 e. The molecule has 18 heavy (non-hydrogen) atoms. The van der Waals surface area contributed by atoms with E-state index in [0.717, 1.165) is 18.2 Å². The van der Waals surface area contributed by atoms with Gasteiger partial charge in [-0.15, -0.1) is 0 Å². The van der Waals surface area contributed by atoms with Crippen LogP contribution in [0.15, 0.2) is 30.9 Å². The first-order valence-electron chi connectivity index (χ1n) is 5.91. The molecule has 6 nitrogen and oxygen atoms in total. The second kappa shape index (κ2) is 6.02. The van der Waals surface area contributed by atoms with Crippen molar-refractivity contribution < 1.29 is 0 Å². The molecule has 2 heterocycles. The molecule has 0 spiro atoms. The van der Waals surface area contributed by atoms with E-state index in [1.165, 1.54) is 11.9 Å². The lowest BCUT2D eigenvalue weighted by Crippen LogP contribution is -2.25. The summed E-state index contributed by atoms with van der Waals surface area (Å²) >= 11 is 0. The van der Waals surface area contributed by atoms with Gasteiger partial charge < -0.3 is 21.4 Å². The Bertz CT molecular complexity index is 465. The van der Waals surface area contributed by atoms with Crippen LogP contribution < -0.4 is 16.4 Å². The molecule has 0 saturated carbocycles. The molecule has 0 saturated heterocycles. The fourth-order valence-electron chi connectivity index (χ4n) is 1.48. The molecule has 0 aliphatic heterocycles. The number of H-pyrrole nitrogens is 1. The van der Waals surface area contributed by atoms with Gasteiger partial charge in [0, 0.05) is 37.6 Å². The standard InChI is InChI=1S/C12H18N6/c1-9(13)5-15-11-4-12(18-8-17-11)16-7-10-2-3-14-6-10/h2-4,6,8-9,14H,5,7,13H2,1H3,(H2,15,16,17,18). The zero-order valence-electron chi connectivity index (χ0n) is 10.4. The van der Waals surface area contributed by atoms with Crippen LogP contribution in [0.4, 0.5) is 11.6 Å². The van der Waals surface area contributed by atoms with Crippen molar-refractivity contribution in [2.24, 2.45) is 5.73 Å². The van der Waals surface area contributed by atoms with Crippen LogP contribution in [0.2, 0.25) is 0 Å². The van der Waals surface area contributed by atoms with Crippen LogP contribution in [0, 0.1) is 0 Å². The van der Waals surface area contributed by atoms with E-state index in [2.05, 4.69) is 25.6 Å². The lowest BCUT2D eigenvalue weighted by Gasteiger charge is -2.09. The van der Waals surface area contributed by atoms with E-state index in [1.807, 2.05) is 31.5 Å². The maximum atomic E-state index is 5.68. The molecule has 0 aliphatic carbocycles. The van der Waals surface area contributed by atoms with Crippen LogP contribution in [0.25, 0.3) is 0 Å². The van der Waals surface area contributed by atoms with E-state index >= 15 is 0 Å². The Kier molecular flexibility index (Phi) is 4.14. The number of anilines is 2. The van der Waals surface area contributed by atoms with E-state index in [1.54, 1.807) is 0 Å². The molecule has 2 aromatic rings. The first-order chi connectivity index (χ1) is 8.74. The number of aromatic nitrogens is 3. The van der Waals surface area contributed by atoms with Crippen LogP contribution >= 0.6 is 0 Å². The van der Waals surface area contributed by atoms with Crippen molar-refractivity contribution in [2.75, 3.05) is 17.2 Å². The topological polar surface area (TPSA) is 91.7 Å². The minimum atomic E-state index is 0.0937. The third-order valence-corrected chi connectivity index (χ3v) is 2.41. The predicted octanol–water partition coefficient (Wildman–Crippen LogP) is 1.18. The largest absolute Gasteiger partial charge is 0.368 e. The highest BCUT2D eigenvalue weighted by molar-refractivity contribution is 5.46. The normalized spacial score (nSPS) is 12.1. The third-order valence-electron chi connectivity index (χ3n) is 2.41. The molecule has 96 valence electrons. The highest BCUT2D eigenvalue weighted by Crippen LogP contribution is 2.09. The van der Waals surface area contributed by atoms with Gasteiger partial charge in [-0.25, -0.2) is 9.97 Å². The molecule has 0 bridgehead atoms. The molecule has 0 radical (unpaired) electrons. The van der Waals surface area contributed by atoms with Gasteiger partial charge in [0.25, 0.3) is 0 Å². The molecule has 1 unspecified atom stereocenters. The molecule has 0 aliphatic rings. The van der Waals surface area contributed by atoms with Crippen LogP contribution in [-0.4, -0.2) is 27.5 Å². The Labute approximate surface area is 106 Å². The van der Waals surface area contributed by atoms with Crippen LogP contribution in [0.3, 0.4) is 0 Å². The Morgan fingerprint density at radius 2 is 2.11 bits per heavy atom. The van der Waals surface area contributed by atoms with Gasteiger partial charge in [-0.1, -0.05) is 0 Å². The minimum absolute atomic E-state index is 0.0937. The lowest BCUT2D eigenvalue weighted by atomic mass is 10.3. The molecule has 6 heteroatoms. The first-order valence-corrected chi connectivity index (χ1v) is 5.91. The SMILES string of the molecule is CC(N)CNc1cc(NCc2cc[nH]c2)ncn1. The average Bonchev–Trinajstić information content (AvgIpc) is 2.87. The van der Waals surface area contributed by atoms with Crippen molar-refractivity contribution in [3.05, 3.63) is 36.4 Å². The van der Waals surface area contributed by atoms with E-state index in [9.17, 15) is 0 Å². The number of nitrogens with one attached hydrogen (secondary N) is 3. The summed E-state index contributed by atoms with van der Waals surface area (Å²) in [5.74, 6) is 1.57. The summed E-state index contributed by atoms with van der Waals surface area (Å²) in [6.07, 6.45) is 5.37. The molecule has 0 aromatic carbocycles.